The lowest BCUT2D eigenvalue weighted by molar-refractivity contribution is 0.0575. The van der Waals surface area contributed by atoms with Gasteiger partial charge >= 0.3 is 6.09 Å². The molecule has 0 atom stereocenters. The summed E-state index contributed by atoms with van der Waals surface area (Å²) in [6, 6.07) is 1.85. The van der Waals surface area contributed by atoms with Crippen LogP contribution in [0.3, 0.4) is 0 Å². The number of aryl methyl sites for hydroxylation is 1. The van der Waals surface area contributed by atoms with E-state index in [0.29, 0.717) is 24.2 Å². The Bertz CT molecular complexity index is 591. The predicted octanol–water partition coefficient (Wildman–Crippen LogP) is 5.53. The molecule has 1 amide bonds. The molecule has 160 valence electrons. The van der Waals surface area contributed by atoms with Crippen molar-refractivity contribution in [3.8, 4) is 0 Å². The number of ether oxygens (including phenoxy) is 1. The van der Waals surface area contributed by atoms with Crippen molar-refractivity contribution in [2.24, 2.45) is 17.8 Å². The van der Waals surface area contributed by atoms with Crippen LogP contribution in [-0.2, 0) is 11.2 Å². The monoisotopic (exact) mass is 392 g/mol. The first-order valence-electron chi connectivity index (χ1n) is 10.5. The number of amides is 1. The summed E-state index contributed by atoms with van der Waals surface area (Å²) in [5.74, 6) is 3.47. The van der Waals surface area contributed by atoms with Crippen LogP contribution in [0.4, 0.5) is 16.4 Å². The van der Waals surface area contributed by atoms with Crippen molar-refractivity contribution in [1.29, 1.82) is 0 Å². The minimum absolute atomic E-state index is 0.286. The molecular formula is C22H40N4O2. The second-order valence-electron chi connectivity index (χ2n) is 9.72. The lowest BCUT2D eigenvalue weighted by Gasteiger charge is -2.28. The van der Waals surface area contributed by atoms with E-state index in [1.54, 1.807) is 4.90 Å². The Labute approximate surface area is 171 Å². The quantitative estimate of drug-likeness (QED) is 0.598. The maximum atomic E-state index is 12.9. The third-order valence-corrected chi connectivity index (χ3v) is 3.83. The largest absolute Gasteiger partial charge is 0.443 e. The lowest BCUT2D eigenvalue weighted by Crippen LogP contribution is -2.39. The second kappa shape index (κ2) is 10.6. The maximum absolute atomic E-state index is 12.9. The number of anilines is 2. The van der Waals surface area contributed by atoms with E-state index in [1.807, 2.05) is 26.8 Å². The van der Waals surface area contributed by atoms with Crippen LogP contribution in [-0.4, -0.2) is 34.8 Å². The van der Waals surface area contributed by atoms with Crippen LogP contribution >= 0.6 is 0 Å². The van der Waals surface area contributed by atoms with Crippen molar-refractivity contribution < 1.29 is 9.53 Å². The molecule has 1 aromatic heterocycles. The third-order valence-electron chi connectivity index (χ3n) is 3.83. The number of nitrogens with zero attached hydrogens (tertiary/aromatic N) is 3. The highest BCUT2D eigenvalue weighted by atomic mass is 16.6. The Balaban J connectivity index is 3.25. The highest BCUT2D eigenvalue weighted by molar-refractivity contribution is 5.87. The highest BCUT2D eigenvalue weighted by Gasteiger charge is 2.26. The molecule has 0 saturated heterocycles. The molecule has 1 N–H and O–H groups in total. The summed E-state index contributed by atoms with van der Waals surface area (Å²) in [5, 5.41) is 3.38. The number of hydrogen-bond donors (Lipinski definition) is 1. The molecule has 1 heterocycles. The van der Waals surface area contributed by atoms with Gasteiger partial charge in [0.05, 0.1) is 0 Å². The second-order valence-corrected chi connectivity index (χ2v) is 9.72. The zero-order valence-electron chi connectivity index (χ0n) is 19.3. The standard InChI is InChI=1S/C22H40N4O2/c1-15(2)10-11-18-24-19(23-13-16(3)4)12-20(25-18)26(14-17(5)6)21(27)28-22(7,8)9/h12,15-17H,10-11,13-14H2,1-9H3,(H,23,24,25). The molecule has 6 heteroatoms. The van der Waals surface area contributed by atoms with Gasteiger partial charge in [-0.15, -0.1) is 0 Å². The molecular weight excluding hydrogens is 352 g/mol. The topological polar surface area (TPSA) is 67.4 Å². The van der Waals surface area contributed by atoms with Crippen LogP contribution in [0.2, 0.25) is 0 Å². The summed E-state index contributed by atoms with van der Waals surface area (Å²) in [5.41, 5.74) is -0.557. The SMILES string of the molecule is CC(C)CCc1nc(NCC(C)C)cc(N(CC(C)C)C(=O)OC(C)(C)C)n1. The maximum Gasteiger partial charge on any atom is 0.416 e. The third kappa shape index (κ3) is 9.38. The van der Waals surface area contributed by atoms with Gasteiger partial charge in [0, 0.05) is 25.6 Å². The van der Waals surface area contributed by atoms with Crippen LogP contribution in [0.1, 0.15) is 74.6 Å². The van der Waals surface area contributed by atoms with E-state index in [-0.39, 0.29) is 12.0 Å². The Kier molecular flexibility index (Phi) is 9.18. The highest BCUT2D eigenvalue weighted by Crippen LogP contribution is 2.22. The fourth-order valence-electron chi connectivity index (χ4n) is 2.49. The molecule has 0 radical (unpaired) electrons. The van der Waals surface area contributed by atoms with E-state index in [9.17, 15) is 4.79 Å². The van der Waals surface area contributed by atoms with Crippen LogP contribution < -0.4 is 10.2 Å². The molecule has 0 aliphatic rings. The lowest BCUT2D eigenvalue weighted by atomic mass is 10.1. The van der Waals surface area contributed by atoms with E-state index < -0.39 is 5.60 Å². The number of aromatic nitrogens is 2. The van der Waals surface area contributed by atoms with Crippen molar-refractivity contribution >= 4 is 17.7 Å². The van der Waals surface area contributed by atoms with Gasteiger partial charge in [0.2, 0.25) is 0 Å². The van der Waals surface area contributed by atoms with E-state index in [2.05, 4.69) is 51.8 Å². The van der Waals surface area contributed by atoms with Gasteiger partial charge in [-0.25, -0.2) is 14.8 Å². The van der Waals surface area contributed by atoms with Gasteiger partial charge < -0.3 is 10.1 Å². The summed E-state index contributed by atoms with van der Waals surface area (Å²) in [6.45, 7) is 19.8. The van der Waals surface area contributed by atoms with Crippen LogP contribution in [0.15, 0.2) is 6.07 Å². The first-order chi connectivity index (χ1) is 12.9. The first kappa shape index (κ1) is 24.2. The fraction of sp³-hybridized carbons (Fsp3) is 0.773. The Morgan fingerprint density at radius 1 is 1.07 bits per heavy atom. The van der Waals surface area contributed by atoms with E-state index in [4.69, 9.17) is 9.72 Å². The van der Waals surface area contributed by atoms with Gasteiger partial charge in [0.25, 0.3) is 0 Å². The zero-order valence-corrected chi connectivity index (χ0v) is 19.3. The fourth-order valence-corrected chi connectivity index (χ4v) is 2.49. The normalized spacial score (nSPS) is 12.0. The Hall–Kier alpha value is -1.85. The molecule has 0 fully saturated rings. The van der Waals surface area contributed by atoms with Crippen LogP contribution in [0, 0.1) is 17.8 Å². The van der Waals surface area contributed by atoms with E-state index >= 15 is 0 Å². The molecule has 0 aromatic carbocycles. The molecule has 0 aliphatic carbocycles. The summed E-state index contributed by atoms with van der Waals surface area (Å²) in [7, 11) is 0. The molecule has 0 bridgehead atoms. The van der Waals surface area contributed by atoms with E-state index in [0.717, 1.165) is 31.0 Å². The van der Waals surface area contributed by atoms with Gasteiger partial charge in [-0.1, -0.05) is 41.5 Å². The number of hydrogen-bond acceptors (Lipinski definition) is 5. The number of nitrogens with one attached hydrogen (secondary N) is 1. The van der Waals surface area contributed by atoms with Crippen molar-refractivity contribution in [2.45, 2.75) is 80.8 Å². The summed E-state index contributed by atoms with van der Waals surface area (Å²) >= 11 is 0. The van der Waals surface area contributed by atoms with Gasteiger partial charge in [-0.2, -0.15) is 0 Å². The molecule has 0 unspecified atom stereocenters. The molecule has 6 nitrogen and oxygen atoms in total. The average Bonchev–Trinajstić information content (AvgIpc) is 2.54. The van der Waals surface area contributed by atoms with Crippen LogP contribution in [0.25, 0.3) is 0 Å². The summed E-state index contributed by atoms with van der Waals surface area (Å²) < 4.78 is 5.64. The minimum atomic E-state index is -0.557. The minimum Gasteiger partial charge on any atom is -0.443 e. The summed E-state index contributed by atoms with van der Waals surface area (Å²) in [4.78, 5) is 23.9. The van der Waals surface area contributed by atoms with Crippen molar-refractivity contribution in [3.05, 3.63) is 11.9 Å². The number of carbonyl (C=O) groups excluding carboxylic acids is 1. The molecule has 0 spiro atoms. The molecule has 0 saturated carbocycles. The van der Waals surface area contributed by atoms with Gasteiger partial charge in [0.1, 0.15) is 23.1 Å². The molecule has 0 aliphatic heterocycles. The van der Waals surface area contributed by atoms with E-state index in [1.165, 1.54) is 0 Å². The Morgan fingerprint density at radius 3 is 2.21 bits per heavy atom. The summed E-state index contributed by atoms with van der Waals surface area (Å²) in [6.07, 6.45) is 1.42. The molecule has 1 aromatic rings. The molecule has 28 heavy (non-hydrogen) atoms. The predicted molar refractivity (Wildman–Crippen MR) is 117 cm³/mol. The van der Waals surface area contributed by atoms with Gasteiger partial charge in [-0.05, 0) is 44.9 Å². The van der Waals surface area contributed by atoms with Crippen molar-refractivity contribution in [1.82, 2.24) is 9.97 Å². The smallest absolute Gasteiger partial charge is 0.416 e. The number of rotatable bonds is 9. The van der Waals surface area contributed by atoms with Crippen molar-refractivity contribution in [2.75, 3.05) is 23.3 Å². The Morgan fingerprint density at radius 2 is 1.71 bits per heavy atom. The zero-order chi connectivity index (χ0) is 21.5. The number of carbonyl (C=O) groups is 1. The molecule has 1 rings (SSSR count). The van der Waals surface area contributed by atoms with Gasteiger partial charge in [0.15, 0.2) is 0 Å². The first-order valence-corrected chi connectivity index (χ1v) is 10.5. The van der Waals surface area contributed by atoms with Crippen molar-refractivity contribution in [3.63, 3.8) is 0 Å². The van der Waals surface area contributed by atoms with Gasteiger partial charge in [-0.3, -0.25) is 4.90 Å². The van der Waals surface area contributed by atoms with Crippen LogP contribution in [0.5, 0.6) is 0 Å². The average molecular weight is 393 g/mol.